The molecule has 1 aliphatic carbocycles. The molecule has 1 aromatic carbocycles. The Morgan fingerprint density at radius 3 is 2.64 bits per heavy atom. The first-order chi connectivity index (χ1) is 12.1. The molecule has 0 saturated heterocycles. The van der Waals surface area contributed by atoms with Crippen LogP contribution in [0.3, 0.4) is 0 Å². The van der Waals surface area contributed by atoms with Crippen molar-refractivity contribution < 1.29 is 4.79 Å². The average molecular weight is 360 g/mol. The molecule has 1 amide bonds. The summed E-state index contributed by atoms with van der Waals surface area (Å²) in [4.78, 5) is 19.1. The molecule has 1 N–H and O–H groups in total. The molecule has 5 heteroatoms. The molecule has 1 fully saturated rings. The van der Waals surface area contributed by atoms with Crippen LogP contribution in [0.4, 0.5) is 0 Å². The number of aromatic nitrogens is 1. The molecule has 1 aliphatic rings. The van der Waals surface area contributed by atoms with E-state index in [4.69, 9.17) is 4.98 Å². The fraction of sp³-hybridized carbons (Fsp3) is 0.600. The zero-order valence-electron chi connectivity index (χ0n) is 15.3. The minimum absolute atomic E-state index is 0.00373. The summed E-state index contributed by atoms with van der Waals surface area (Å²) in [6, 6.07) is 8.65. The van der Waals surface area contributed by atoms with Gasteiger partial charge in [-0.15, -0.1) is 11.3 Å². The molecule has 0 bridgehead atoms. The maximum atomic E-state index is 12.6. The summed E-state index contributed by atoms with van der Waals surface area (Å²) in [7, 11) is 1.89. The number of para-hydroxylation sites is 1. The first kappa shape index (κ1) is 18.3. The number of carbonyl (C=O) groups is 1. The van der Waals surface area contributed by atoms with Crippen molar-refractivity contribution >= 4 is 27.5 Å². The van der Waals surface area contributed by atoms with Gasteiger partial charge in [-0.05, 0) is 31.9 Å². The van der Waals surface area contributed by atoms with Crippen molar-refractivity contribution in [2.45, 2.75) is 64.0 Å². The second-order valence-corrected chi connectivity index (χ2v) is 8.19. The van der Waals surface area contributed by atoms with Gasteiger partial charge in [-0.2, -0.15) is 0 Å². The minimum Gasteiger partial charge on any atom is -0.335 e. The van der Waals surface area contributed by atoms with E-state index in [1.54, 1.807) is 11.3 Å². The molecular formula is C20H29N3OS. The normalized spacial score (nSPS) is 17.8. The lowest BCUT2D eigenvalue weighted by atomic mass is 9.97. The molecule has 4 nitrogen and oxygen atoms in total. The largest absolute Gasteiger partial charge is 0.335 e. The Morgan fingerprint density at radius 1 is 1.24 bits per heavy atom. The first-order valence-electron chi connectivity index (χ1n) is 9.49. The number of carbonyl (C=O) groups excluding carboxylic acids is 1. The molecule has 2 aromatic rings. The Bertz CT molecular complexity index is 658. The molecule has 0 unspecified atom stereocenters. The first-order valence-corrected chi connectivity index (χ1v) is 10.3. The number of rotatable bonds is 5. The Labute approximate surface area is 154 Å². The predicted octanol–water partition coefficient (Wildman–Crippen LogP) is 4.52. The second-order valence-electron chi connectivity index (χ2n) is 7.12. The van der Waals surface area contributed by atoms with Crippen molar-refractivity contribution in [1.29, 1.82) is 0 Å². The quantitative estimate of drug-likeness (QED) is 0.854. The zero-order valence-corrected chi connectivity index (χ0v) is 16.1. The summed E-state index contributed by atoms with van der Waals surface area (Å²) in [6.45, 7) is 2.49. The molecule has 0 radical (unpaired) electrons. The van der Waals surface area contributed by atoms with Crippen LogP contribution in [-0.4, -0.2) is 35.4 Å². The second kappa shape index (κ2) is 8.77. The molecule has 1 aromatic heterocycles. The number of benzene rings is 1. The summed E-state index contributed by atoms with van der Waals surface area (Å²) in [5, 5.41) is 4.50. The van der Waals surface area contributed by atoms with E-state index >= 15 is 0 Å². The van der Waals surface area contributed by atoms with E-state index in [0.717, 1.165) is 10.5 Å². The zero-order chi connectivity index (χ0) is 17.6. The maximum absolute atomic E-state index is 12.6. The van der Waals surface area contributed by atoms with E-state index in [9.17, 15) is 4.79 Å². The third kappa shape index (κ3) is 4.79. The molecule has 0 spiro atoms. The van der Waals surface area contributed by atoms with Crippen molar-refractivity contribution in [3.05, 3.63) is 29.3 Å². The number of nitrogens with zero attached hydrogens (tertiary/aromatic N) is 2. The highest BCUT2D eigenvalue weighted by Gasteiger charge is 2.21. The number of amides is 1. The molecule has 1 heterocycles. The average Bonchev–Trinajstić information content (AvgIpc) is 3.03. The van der Waals surface area contributed by atoms with Gasteiger partial charge in [0.2, 0.25) is 5.91 Å². The highest BCUT2D eigenvalue weighted by molar-refractivity contribution is 7.18. The number of likely N-dealkylation sites (N-methyl/N-ethyl adjacent to an activating group) is 1. The third-order valence-electron chi connectivity index (χ3n) is 5.29. The fourth-order valence-corrected chi connectivity index (χ4v) is 4.53. The van der Waals surface area contributed by atoms with Crippen LogP contribution in [0.5, 0.6) is 0 Å². The fourth-order valence-electron chi connectivity index (χ4n) is 3.47. The number of hydrogen-bond acceptors (Lipinski definition) is 4. The number of nitrogens with one attached hydrogen (secondary N) is 1. The monoisotopic (exact) mass is 359 g/mol. The number of fused-ring (bicyclic) bond motifs is 1. The van der Waals surface area contributed by atoms with Crippen LogP contribution in [0.1, 0.15) is 62.9 Å². The van der Waals surface area contributed by atoms with Gasteiger partial charge in [0.15, 0.2) is 0 Å². The molecule has 1 saturated carbocycles. The Hall–Kier alpha value is -1.46. The van der Waals surface area contributed by atoms with Gasteiger partial charge in [0, 0.05) is 13.1 Å². The molecule has 0 aliphatic heterocycles. The number of hydrogen-bond donors (Lipinski definition) is 1. The lowest BCUT2D eigenvalue weighted by Gasteiger charge is -2.26. The summed E-state index contributed by atoms with van der Waals surface area (Å²) < 4.78 is 1.18. The van der Waals surface area contributed by atoms with E-state index in [-0.39, 0.29) is 11.9 Å². The van der Waals surface area contributed by atoms with Gasteiger partial charge in [0.05, 0.1) is 22.8 Å². The van der Waals surface area contributed by atoms with Crippen LogP contribution in [0.25, 0.3) is 10.2 Å². The van der Waals surface area contributed by atoms with Crippen LogP contribution in [0.2, 0.25) is 0 Å². The van der Waals surface area contributed by atoms with Crippen molar-refractivity contribution in [3.63, 3.8) is 0 Å². The van der Waals surface area contributed by atoms with Crippen LogP contribution in [0, 0.1) is 0 Å². The van der Waals surface area contributed by atoms with Crippen molar-refractivity contribution in [1.82, 2.24) is 15.2 Å². The van der Waals surface area contributed by atoms with Crippen LogP contribution in [-0.2, 0) is 4.79 Å². The van der Waals surface area contributed by atoms with Gasteiger partial charge in [-0.3, -0.25) is 4.79 Å². The molecule has 3 rings (SSSR count). The van der Waals surface area contributed by atoms with Gasteiger partial charge in [-0.25, -0.2) is 4.98 Å². The van der Waals surface area contributed by atoms with Crippen molar-refractivity contribution in [2.75, 3.05) is 13.6 Å². The Balaban J connectivity index is 1.55. The van der Waals surface area contributed by atoms with E-state index in [0.29, 0.717) is 12.6 Å². The number of thiazole rings is 1. The van der Waals surface area contributed by atoms with E-state index in [1.807, 2.05) is 30.1 Å². The topological polar surface area (TPSA) is 45.2 Å². The van der Waals surface area contributed by atoms with E-state index in [2.05, 4.69) is 18.3 Å². The maximum Gasteiger partial charge on any atom is 0.236 e. The lowest BCUT2D eigenvalue weighted by Crippen LogP contribution is -2.41. The van der Waals surface area contributed by atoms with Gasteiger partial charge in [0.1, 0.15) is 5.01 Å². The van der Waals surface area contributed by atoms with E-state index in [1.165, 1.54) is 49.6 Å². The molecular weight excluding hydrogens is 330 g/mol. The summed E-state index contributed by atoms with van der Waals surface area (Å²) in [6.07, 6.45) is 9.00. The molecule has 1 atom stereocenters. The van der Waals surface area contributed by atoms with Gasteiger partial charge in [0.25, 0.3) is 0 Å². The minimum atomic E-state index is 0.00373. The van der Waals surface area contributed by atoms with Gasteiger partial charge in [-0.1, -0.05) is 44.2 Å². The highest BCUT2D eigenvalue weighted by Crippen LogP contribution is 2.28. The van der Waals surface area contributed by atoms with Crippen LogP contribution < -0.4 is 5.32 Å². The highest BCUT2D eigenvalue weighted by atomic mass is 32.1. The van der Waals surface area contributed by atoms with Crippen molar-refractivity contribution in [2.24, 2.45) is 0 Å². The van der Waals surface area contributed by atoms with Crippen molar-refractivity contribution in [3.8, 4) is 0 Å². The van der Waals surface area contributed by atoms with Gasteiger partial charge >= 0.3 is 0 Å². The summed E-state index contributed by atoms with van der Waals surface area (Å²) >= 11 is 1.68. The Kier molecular flexibility index (Phi) is 6.43. The molecule has 25 heavy (non-hydrogen) atoms. The molecule has 136 valence electrons. The van der Waals surface area contributed by atoms with Crippen LogP contribution in [0.15, 0.2) is 24.3 Å². The smallest absolute Gasteiger partial charge is 0.236 e. The van der Waals surface area contributed by atoms with Crippen LogP contribution >= 0.6 is 11.3 Å². The Morgan fingerprint density at radius 2 is 1.92 bits per heavy atom. The lowest BCUT2D eigenvalue weighted by molar-refractivity contribution is -0.131. The third-order valence-corrected chi connectivity index (χ3v) is 6.50. The van der Waals surface area contributed by atoms with E-state index < -0.39 is 0 Å². The van der Waals surface area contributed by atoms with Gasteiger partial charge < -0.3 is 10.2 Å². The summed E-state index contributed by atoms with van der Waals surface area (Å²) in [5.41, 5.74) is 1.02. The summed E-state index contributed by atoms with van der Waals surface area (Å²) in [5.74, 6) is 0.147. The SMILES string of the molecule is C[C@@H](c1nc2ccccc2s1)N(C)C(=O)CNC1CCCCCCC1. The predicted molar refractivity (Wildman–Crippen MR) is 105 cm³/mol. The standard InChI is InChI=1S/C20H29N3OS/c1-15(20-22-17-12-8-9-13-18(17)25-20)23(2)19(24)14-21-16-10-6-4-3-5-7-11-16/h8-9,12-13,15-16,21H,3-7,10-11,14H2,1-2H3/t15-/m0/s1.